The lowest BCUT2D eigenvalue weighted by Gasteiger charge is -2.48. The van der Waals surface area contributed by atoms with Crippen LogP contribution in [0.3, 0.4) is 0 Å². The maximum Gasteiger partial charge on any atom is 0.296 e. The van der Waals surface area contributed by atoms with E-state index in [4.69, 9.17) is 4.18 Å². The summed E-state index contributed by atoms with van der Waals surface area (Å²) in [4.78, 5) is 12.2. The van der Waals surface area contributed by atoms with Crippen LogP contribution in [0.2, 0.25) is 0 Å². The summed E-state index contributed by atoms with van der Waals surface area (Å²) in [7, 11) is -3.90. The number of benzene rings is 1. The van der Waals surface area contributed by atoms with Crippen LogP contribution < -0.4 is 0 Å². The number of Topliss-reactive ketones (excluding diaryl/α,β-unsaturated/α-hetero) is 1. The van der Waals surface area contributed by atoms with Crippen molar-refractivity contribution in [2.75, 3.05) is 6.61 Å². The molecule has 0 heterocycles. The average molecular weight is 411 g/mol. The highest BCUT2D eigenvalue weighted by molar-refractivity contribution is 7.86. The van der Waals surface area contributed by atoms with Crippen LogP contribution in [0.1, 0.15) is 65.4 Å². The fourth-order valence-corrected chi connectivity index (χ4v) is 5.46. The van der Waals surface area contributed by atoms with E-state index in [1.165, 1.54) is 19.1 Å². The minimum Gasteiger partial charge on any atom is -0.390 e. The molecule has 0 radical (unpaired) electrons. The van der Waals surface area contributed by atoms with Crippen molar-refractivity contribution in [3.63, 3.8) is 0 Å². The summed E-state index contributed by atoms with van der Waals surface area (Å²) in [5.41, 5.74) is 0.179. The van der Waals surface area contributed by atoms with Crippen LogP contribution in [0, 0.1) is 24.2 Å². The first-order valence-electron chi connectivity index (χ1n) is 10.0. The average Bonchev–Trinajstić information content (AvgIpc) is 2.56. The Kier molecular flexibility index (Phi) is 7.11. The van der Waals surface area contributed by atoms with E-state index in [1.807, 2.05) is 13.8 Å². The van der Waals surface area contributed by atoms with Gasteiger partial charge in [-0.15, -0.1) is 0 Å². The summed E-state index contributed by atoms with van der Waals surface area (Å²) in [5, 5.41) is 10.8. The Hall–Kier alpha value is -1.24. The Morgan fingerprint density at radius 2 is 1.82 bits per heavy atom. The predicted molar refractivity (Wildman–Crippen MR) is 109 cm³/mol. The maximum absolute atomic E-state index is 12.4. The summed E-state index contributed by atoms with van der Waals surface area (Å²) < 4.78 is 30.0. The maximum atomic E-state index is 12.4. The third-order valence-electron chi connectivity index (χ3n) is 6.31. The van der Waals surface area contributed by atoms with Crippen molar-refractivity contribution in [1.29, 1.82) is 0 Å². The van der Waals surface area contributed by atoms with E-state index in [1.54, 1.807) is 12.1 Å². The van der Waals surface area contributed by atoms with Gasteiger partial charge in [-0.05, 0) is 69.9 Å². The summed E-state index contributed by atoms with van der Waals surface area (Å²) >= 11 is 0. The number of carbonyl (C=O) groups is 1. The predicted octanol–water partition coefficient (Wildman–Crippen LogP) is 4.26. The molecule has 1 saturated carbocycles. The number of aliphatic hydroxyl groups is 1. The van der Waals surface area contributed by atoms with Crippen molar-refractivity contribution in [1.82, 2.24) is 0 Å². The lowest BCUT2D eigenvalue weighted by Crippen LogP contribution is -2.47. The van der Waals surface area contributed by atoms with Gasteiger partial charge in [0.05, 0.1) is 17.1 Å². The summed E-state index contributed by atoms with van der Waals surface area (Å²) in [6.45, 7) is 9.38. The quantitative estimate of drug-likeness (QED) is 0.648. The Labute approximate surface area is 169 Å². The summed E-state index contributed by atoms with van der Waals surface area (Å²) in [6, 6.07) is 6.45. The van der Waals surface area contributed by atoms with Crippen LogP contribution in [0.5, 0.6) is 0 Å². The zero-order chi connectivity index (χ0) is 21.2. The molecule has 1 fully saturated rings. The van der Waals surface area contributed by atoms with Gasteiger partial charge in [0, 0.05) is 5.92 Å². The van der Waals surface area contributed by atoms with Gasteiger partial charge >= 0.3 is 0 Å². The first-order chi connectivity index (χ1) is 12.8. The van der Waals surface area contributed by atoms with E-state index in [0.717, 1.165) is 24.8 Å². The second-order valence-electron chi connectivity index (χ2n) is 9.19. The van der Waals surface area contributed by atoms with Gasteiger partial charge < -0.3 is 5.11 Å². The normalized spacial score (nSPS) is 26.0. The molecule has 0 aliphatic heterocycles. The van der Waals surface area contributed by atoms with E-state index < -0.39 is 21.6 Å². The standard InChI is InChI=1S/C22H34O5S/c1-16-7-10-19(11-8-16)28(25,26)27-15-18(17(2)23)9-12-20-21(3,4)13-6-14-22(20,5)24/h7-8,10-11,18,20,24H,6,9,12-15H2,1-5H3/t18?,20-,22-/m0/s1. The van der Waals surface area contributed by atoms with Crippen molar-refractivity contribution in [3.05, 3.63) is 29.8 Å². The van der Waals surface area contributed by atoms with Crippen molar-refractivity contribution in [3.8, 4) is 0 Å². The number of carbonyl (C=O) groups excluding carboxylic acids is 1. The second-order valence-corrected chi connectivity index (χ2v) is 10.8. The van der Waals surface area contributed by atoms with Gasteiger partial charge in [-0.3, -0.25) is 8.98 Å². The van der Waals surface area contributed by atoms with Gasteiger partial charge in [0.15, 0.2) is 0 Å². The molecule has 5 nitrogen and oxygen atoms in total. The molecule has 0 saturated heterocycles. The molecule has 0 bridgehead atoms. The molecule has 0 aromatic heterocycles. The lowest BCUT2D eigenvalue weighted by molar-refractivity contribution is -0.123. The lowest BCUT2D eigenvalue weighted by atomic mass is 9.60. The molecule has 0 amide bonds. The highest BCUT2D eigenvalue weighted by Crippen LogP contribution is 2.48. The molecule has 1 aromatic carbocycles. The van der Waals surface area contributed by atoms with Crippen LogP contribution in [0.4, 0.5) is 0 Å². The first kappa shape index (κ1) is 23.0. The summed E-state index contributed by atoms with van der Waals surface area (Å²) in [5.74, 6) is -0.537. The molecule has 1 unspecified atom stereocenters. The first-order valence-corrected chi connectivity index (χ1v) is 11.4. The minimum atomic E-state index is -3.90. The van der Waals surface area contributed by atoms with E-state index >= 15 is 0 Å². The third-order valence-corrected chi connectivity index (χ3v) is 7.61. The molecule has 1 N–H and O–H groups in total. The van der Waals surface area contributed by atoms with Crippen molar-refractivity contribution in [2.45, 2.75) is 77.2 Å². The van der Waals surface area contributed by atoms with E-state index in [9.17, 15) is 18.3 Å². The van der Waals surface area contributed by atoms with Crippen LogP contribution in [-0.2, 0) is 19.1 Å². The van der Waals surface area contributed by atoms with Gasteiger partial charge in [0.1, 0.15) is 5.78 Å². The molecule has 1 aliphatic carbocycles. The highest BCUT2D eigenvalue weighted by Gasteiger charge is 2.45. The molecule has 3 atom stereocenters. The van der Waals surface area contributed by atoms with Gasteiger partial charge in [-0.2, -0.15) is 8.42 Å². The van der Waals surface area contributed by atoms with Gasteiger partial charge in [-0.1, -0.05) is 38.0 Å². The number of rotatable bonds is 8. The monoisotopic (exact) mass is 410 g/mol. The molecule has 158 valence electrons. The molecule has 1 aliphatic rings. The fraction of sp³-hybridized carbons (Fsp3) is 0.682. The van der Waals surface area contributed by atoms with Crippen LogP contribution in [0.25, 0.3) is 0 Å². The minimum absolute atomic E-state index is 0.0160. The van der Waals surface area contributed by atoms with Gasteiger partial charge in [-0.25, -0.2) is 0 Å². The third kappa shape index (κ3) is 5.65. The molecular weight excluding hydrogens is 376 g/mol. The highest BCUT2D eigenvalue weighted by atomic mass is 32.2. The zero-order valence-electron chi connectivity index (χ0n) is 17.7. The van der Waals surface area contributed by atoms with Crippen LogP contribution in [-0.4, -0.2) is 31.5 Å². The van der Waals surface area contributed by atoms with E-state index in [2.05, 4.69) is 13.8 Å². The Bertz CT molecular complexity index is 762. The SMILES string of the molecule is CC(=O)C(CC[C@H]1C(C)(C)CCC[C@]1(C)O)COS(=O)(=O)c1ccc(C)cc1. The Balaban J connectivity index is 2.03. The van der Waals surface area contributed by atoms with Crippen LogP contribution >= 0.6 is 0 Å². The topological polar surface area (TPSA) is 80.7 Å². The molecule has 28 heavy (non-hydrogen) atoms. The van der Waals surface area contributed by atoms with Gasteiger partial charge in [0.25, 0.3) is 10.1 Å². The van der Waals surface area contributed by atoms with E-state index in [0.29, 0.717) is 12.8 Å². The van der Waals surface area contributed by atoms with Crippen molar-refractivity contribution < 1.29 is 22.5 Å². The molecule has 6 heteroatoms. The molecular formula is C22H34O5S. The largest absolute Gasteiger partial charge is 0.390 e. The Morgan fingerprint density at radius 1 is 1.21 bits per heavy atom. The van der Waals surface area contributed by atoms with Crippen molar-refractivity contribution >= 4 is 15.9 Å². The fourth-order valence-electron chi connectivity index (χ4n) is 4.51. The Morgan fingerprint density at radius 3 is 2.36 bits per heavy atom. The smallest absolute Gasteiger partial charge is 0.296 e. The van der Waals surface area contributed by atoms with Crippen molar-refractivity contribution in [2.24, 2.45) is 17.3 Å². The van der Waals surface area contributed by atoms with Crippen LogP contribution in [0.15, 0.2) is 29.2 Å². The number of aryl methyl sites for hydroxylation is 1. The van der Waals surface area contributed by atoms with E-state index in [-0.39, 0.29) is 28.6 Å². The summed E-state index contributed by atoms with van der Waals surface area (Å²) in [6.07, 6.45) is 3.95. The second kappa shape index (κ2) is 8.64. The zero-order valence-corrected chi connectivity index (χ0v) is 18.5. The number of hydrogen-bond acceptors (Lipinski definition) is 5. The van der Waals surface area contributed by atoms with Gasteiger partial charge in [0.2, 0.25) is 0 Å². The molecule has 1 aromatic rings. The molecule has 0 spiro atoms. The number of ketones is 1. The number of hydrogen-bond donors (Lipinski definition) is 1. The molecule has 2 rings (SSSR count).